The molecule has 1 saturated carbocycles. The smallest absolute Gasteiger partial charge is 0.223 e. The monoisotopic (exact) mass is 288 g/mol. The van der Waals surface area contributed by atoms with Crippen molar-refractivity contribution in [2.75, 3.05) is 25.4 Å². The van der Waals surface area contributed by atoms with Gasteiger partial charge in [0.2, 0.25) is 15.9 Å². The van der Waals surface area contributed by atoms with Crippen LogP contribution in [0.2, 0.25) is 0 Å². The average Bonchev–Trinajstić information content (AvgIpc) is 2.89. The molecule has 1 saturated heterocycles. The van der Waals surface area contributed by atoms with Crippen molar-refractivity contribution in [1.29, 1.82) is 0 Å². The first kappa shape index (κ1) is 14.8. The summed E-state index contributed by atoms with van der Waals surface area (Å²) in [4.78, 5) is 11.8. The summed E-state index contributed by atoms with van der Waals surface area (Å²) in [7, 11) is -3.02. The molecule has 0 unspecified atom stereocenters. The minimum Gasteiger partial charge on any atom is -0.356 e. The molecule has 0 aromatic carbocycles. The van der Waals surface area contributed by atoms with Crippen molar-refractivity contribution in [1.82, 2.24) is 9.62 Å². The summed E-state index contributed by atoms with van der Waals surface area (Å²) >= 11 is 0. The van der Waals surface area contributed by atoms with Gasteiger partial charge in [0.15, 0.2) is 0 Å². The molecule has 1 aliphatic carbocycles. The molecule has 0 aromatic rings. The molecular weight excluding hydrogens is 264 g/mol. The van der Waals surface area contributed by atoms with Gasteiger partial charge in [-0.05, 0) is 32.1 Å². The van der Waals surface area contributed by atoms with E-state index in [0.717, 1.165) is 38.5 Å². The number of carbonyl (C=O) groups is 1. The third-order valence-corrected chi connectivity index (χ3v) is 6.02. The van der Waals surface area contributed by atoms with Gasteiger partial charge in [0.1, 0.15) is 0 Å². The van der Waals surface area contributed by atoms with E-state index in [9.17, 15) is 13.2 Å². The fourth-order valence-corrected chi connectivity index (χ4v) is 4.53. The quantitative estimate of drug-likeness (QED) is 0.771. The Morgan fingerprint density at radius 3 is 2.58 bits per heavy atom. The minimum atomic E-state index is -3.02. The third kappa shape index (κ3) is 4.18. The molecule has 110 valence electrons. The second-order valence-electron chi connectivity index (χ2n) is 5.55. The number of sulfonamides is 1. The molecule has 1 heterocycles. The van der Waals surface area contributed by atoms with Gasteiger partial charge in [0, 0.05) is 25.6 Å². The van der Waals surface area contributed by atoms with Crippen LogP contribution >= 0.6 is 0 Å². The molecule has 0 atom stereocenters. The number of rotatable bonds is 5. The van der Waals surface area contributed by atoms with Gasteiger partial charge in [-0.2, -0.15) is 0 Å². The highest BCUT2D eigenvalue weighted by Gasteiger charge is 2.25. The predicted molar refractivity (Wildman–Crippen MR) is 74.2 cm³/mol. The van der Waals surface area contributed by atoms with Crippen LogP contribution in [-0.2, 0) is 14.8 Å². The molecule has 0 radical (unpaired) electrons. The highest BCUT2D eigenvalue weighted by Crippen LogP contribution is 2.24. The van der Waals surface area contributed by atoms with E-state index in [0.29, 0.717) is 26.1 Å². The van der Waals surface area contributed by atoms with Crippen molar-refractivity contribution in [2.24, 2.45) is 5.92 Å². The number of nitrogens with zero attached hydrogens (tertiary/aromatic N) is 1. The van der Waals surface area contributed by atoms with E-state index >= 15 is 0 Å². The first-order valence-corrected chi connectivity index (χ1v) is 8.96. The van der Waals surface area contributed by atoms with Crippen LogP contribution in [0.3, 0.4) is 0 Å². The Morgan fingerprint density at radius 2 is 1.89 bits per heavy atom. The zero-order valence-corrected chi connectivity index (χ0v) is 12.3. The largest absolute Gasteiger partial charge is 0.356 e. The number of amides is 1. The summed E-state index contributed by atoms with van der Waals surface area (Å²) in [5.74, 6) is 0.624. The highest BCUT2D eigenvalue weighted by atomic mass is 32.2. The van der Waals surface area contributed by atoms with Crippen molar-refractivity contribution < 1.29 is 13.2 Å². The van der Waals surface area contributed by atoms with Crippen molar-refractivity contribution >= 4 is 15.9 Å². The van der Waals surface area contributed by atoms with Gasteiger partial charge in [-0.15, -0.1) is 0 Å². The number of nitrogens with one attached hydrogen (secondary N) is 1. The SMILES string of the molecule is O=C(NCCCN1CCCCS1(=O)=O)C1CCCC1. The normalized spacial score (nSPS) is 24.4. The fourth-order valence-electron chi connectivity index (χ4n) is 2.89. The Labute approximate surface area is 115 Å². The van der Waals surface area contributed by atoms with Crippen LogP contribution in [0.25, 0.3) is 0 Å². The molecule has 2 aliphatic rings. The van der Waals surface area contributed by atoms with Crippen molar-refractivity contribution in [2.45, 2.75) is 44.9 Å². The second-order valence-corrected chi connectivity index (χ2v) is 7.64. The van der Waals surface area contributed by atoms with E-state index in [1.165, 1.54) is 0 Å². The molecule has 0 aromatic heterocycles. The van der Waals surface area contributed by atoms with Crippen LogP contribution in [0.15, 0.2) is 0 Å². The second kappa shape index (κ2) is 6.70. The van der Waals surface area contributed by atoms with Gasteiger partial charge in [0.05, 0.1) is 5.75 Å². The van der Waals surface area contributed by atoms with Gasteiger partial charge in [-0.25, -0.2) is 12.7 Å². The maximum Gasteiger partial charge on any atom is 0.223 e. The Hall–Kier alpha value is -0.620. The molecule has 2 rings (SSSR count). The minimum absolute atomic E-state index is 0.152. The van der Waals surface area contributed by atoms with Gasteiger partial charge in [-0.3, -0.25) is 4.79 Å². The molecule has 1 N–H and O–H groups in total. The Morgan fingerprint density at radius 1 is 1.16 bits per heavy atom. The molecule has 0 spiro atoms. The number of hydrogen-bond acceptors (Lipinski definition) is 3. The molecule has 19 heavy (non-hydrogen) atoms. The predicted octanol–water partition coefficient (Wildman–Crippen LogP) is 1.11. The summed E-state index contributed by atoms with van der Waals surface area (Å²) in [6.07, 6.45) is 6.76. The highest BCUT2D eigenvalue weighted by molar-refractivity contribution is 7.89. The van der Waals surface area contributed by atoms with Crippen LogP contribution in [-0.4, -0.2) is 44.0 Å². The maximum atomic E-state index is 11.8. The third-order valence-electron chi connectivity index (χ3n) is 4.06. The lowest BCUT2D eigenvalue weighted by Gasteiger charge is -2.26. The van der Waals surface area contributed by atoms with E-state index in [-0.39, 0.29) is 17.6 Å². The van der Waals surface area contributed by atoms with E-state index < -0.39 is 10.0 Å². The first-order chi connectivity index (χ1) is 9.09. The van der Waals surface area contributed by atoms with Crippen LogP contribution in [0.4, 0.5) is 0 Å². The van der Waals surface area contributed by atoms with E-state index in [4.69, 9.17) is 0 Å². The van der Waals surface area contributed by atoms with E-state index in [1.807, 2.05) is 0 Å². The molecule has 0 bridgehead atoms. The molecular formula is C13H24N2O3S. The number of carbonyl (C=O) groups excluding carboxylic acids is 1. The van der Waals surface area contributed by atoms with Crippen LogP contribution in [0.5, 0.6) is 0 Å². The lowest BCUT2D eigenvalue weighted by atomic mass is 10.1. The summed E-state index contributed by atoms with van der Waals surface area (Å²) in [5.41, 5.74) is 0. The van der Waals surface area contributed by atoms with Crippen LogP contribution in [0.1, 0.15) is 44.9 Å². The zero-order chi connectivity index (χ0) is 13.7. The molecule has 2 fully saturated rings. The average molecular weight is 288 g/mol. The van der Waals surface area contributed by atoms with Crippen LogP contribution < -0.4 is 5.32 Å². The molecule has 5 nitrogen and oxygen atoms in total. The molecule has 1 amide bonds. The van der Waals surface area contributed by atoms with Crippen molar-refractivity contribution in [3.63, 3.8) is 0 Å². The Balaban J connectivity index is 1.64. The van der Waals surface area contributed by atoms with E-state index in [2.05, 4.69) is 5.32 Å². The summed E-state index contributed by atoms with van der Waals surface area (Å²) in [5, 5.41) is 2.93. The summed E-state index contributed by atoms with van der Waals surface area (Å²) in [6.45, 7) is 1.76. The standard InChI is InChI=1S/C13H24N2O3S/c16-13(12-6-1-2-7-12)14-8-5-10-15-9-3-4-11-19(15,17)18/h12H,1-11H2,(H,14,16). The van der Waals surface area contributed by atoms with Gasteiger partial charge >= 0.3 is 0 Å². The maximum absolute atomic E-state index is 11.8. The Bertz CT molecular complexity index is 402. The summed E-state index contributed by atoms with van der Waals surface area (Å²) in [6, 6.07) is 0. The lowest BCUT2D eigenvalue weighted by Crippen LogP contribution is -2.40. The first-order valence-electron chi connectivity index (χ1n) is 7.35. The zero-order valence-electron chi connectivity index (χ0n) is 11.4. The van der Waals surface area contributed by atoms with Crippen molar-refractivity contribution in [3.8, 4) is 0 Å². The van der Waals surface area contributed by atoms with Gasteiger partial charge < -0.3 is 5.32 Å². The van der Waals surface area contributed by atoms with E-state index in [1.54, 1.807) is 4.31 Å². The summed E-state index contributed by atoms with van der Waals surface area (Å²) < 4.78 is 25.1. The topological polar surface area (TPSA) is 66.5 Å². The fraction of sp³-hybridized carbons (Fsp3) is 0.923. The Kier molecular flexibility index (Phi) is 5.21. The van der Waals surface area contributed by atoms with Gasteiger partial charge in [0.25, 0.3) is 0 Å². The lowest BCUT2D eigenvalue weighted by molar-refractivity contribution is -0.124. The molecule has 1 aliphatic heterocycles. The van der Waals surface area contributed by atoms with Gasteiger partial charge in [-0.1, -0.05) is 12.8 Å². The van der Waals surface area contributed by atoms with Crippen molar-refractivity contribution in [3.05, 3.63) is 0 Å². The van der Waals surface area contributed by atoms with Crippen LogP contribution in [0, 0.1) is 5.92 Å². The number of hydrogen-bond donors (Lipinski definition) is 1. The molecule has 6 heteroatoms.